The Balaban J connectivity index is 2.29. The zero-order chi connectivity index (χ0) is 10.2. The van der Waals surface area contributed by atoms with Gasteiger partial charge in [0.15, 0.2) is 0 Å². The predicted octanol–water partition coefficient (Wildman–Crippen LogP) is 1.16. The molecule has 0 atom stereocenters. The molecule has 76 valence electrons. The van der Waals surface area contributed by atoms with E-state index in [2.05, 4.69) is 5.32 Å². The van der Waals surface area contributed by atoms with Crippen molar-refractivity contribution in [1.82, 2.24) is 5.32 Å². The van der Waals surface area contributed by atoms with Gasteiger partial charge in [-0.15, -0.1) is 0 Å². The molecule has 1 aromatic rings. The van der Waals surface area contributed by atoms with Gasteiger partial charge in [-0.05, 0) is 31.5 Å². The monoisotopic (exact) mass is 192 g/mol. The van der Waals surface area contributed by atoms with Crippen LogP contribution in [0.2, 0.25) is 0 Å². The number of carbonyl (C=O) groups is 1. The van der Waals surface area contributed by atoms with Crippen molar-refractivity contribution in [3.05, 3.63) is 35.9 Å². The molecule has 0 unspecified atom stereocenters. The van der Waals surface area contributed by atoms with Crippen LogP contribution in [0.15, 0.2) is 30.3 Å². The van der Waals surface area contributed by atoms with Crippen LogP contribution in [0.4, 0.5) is 0 Å². The standard InChI is InChI=1S/C11H16N2O/c12-8-4-5-9-13-11(14)10-6-2-1-3-7-10/h1-3,6-7H,4-5,8-9,12H2,(H,13,14). The lowest BCUT2D eigenvalue weighted by atomic mass is 10.2. The van der Waals surface area contributed by atoms with Gasteiger partial charge in [0.05, 0.1) is 0 Å². The number of nitrogens with one attached hydrogen (secondary N) is 1. The van der Waals surface area contributed by atoms with Gasteiger partial charge in [-0.25, -0.2) is 0 Å². The maximum absolute atomic E-state index is 11.5. The van der Waals surface area contributed by atoms with Gasteiger partial charge in [-0.1, -0.05) is 18.2 Å². The Bertz CT molecular complexity index is 272. The molecule has 14 heavy (non-hydrogen) atoms. The number of amides is 1. The molecule has 0 radical (unpaired) electrons. The van der Waals surface area contributed by atoms with Gasteiger partial charge in [-0.3, -0.25) is 4.79 Å². The zero-order valence-corrected chi connectivity index (χ0v) is 8.20. The summed E-state index contributed by atoms with van der Waals surface area (Å²) in [6, 6.07) is 9.21. The summed E-state index contributed by atoms with van der Waals surface area (Å²) in [5, 5.41) is 2.84. The third kappa shape index (κ3) is 3.58. The highest BCUT2D eigenvalue weighted by Gasteiger charge is 2.01. The molecule has 0 aliphatic heterocycles. The third-order valence-electron chi connectivity index (χ3n) is 1.95. The minimum absolute atomic E-state index is 0.0115. The van der Waals surface area contributed by atoms with Crippen LogP contribution in [-0.4, -0.2) is 19.0 Å². The van der Waals surface area contributed by atoms with Gasteiger partial charge >= 0.3 is 0 Å². The Labute approximate surface area is 84.3 Å². The fourth-order valence-electron chi connectivity index (χ4n) is 1.16. The summed E-state index contributed by atoms with van der Waals surface area (Å²) in [5.74, 6) is -0.0115. The Hall–Kier alpha value is -1.35. The van der Waals surface area contributed by atoms with Crippen molar-refractivity contribution in [2.75, 3.05) is 13.1 Å². The zero-order valence-electron chi connectivity index (χ0n) is 8.20. The van der Waals surface area contributed by atoms with Crippen LogP contribution in [-0.2, 0) is 0 Å². The van der Waals surface area contributed by atoms with E-state index in [4.69, 9.17) is 5.73 Å². The molecule has 3 nitrogen and oxygen atoms in total. The summed E-state index contributed by atoms with van der Waals surface area (Å²) in [7, 11) is 0. The van der Waals surface area contributed by atoms with Gasteiger partial charge in [0.1, 0.15) is 0 Å². The molecule has 0 saturated heterocycles. The van der Waals surface area contributed by atoms with E-state index < -0.39 is 0 Å². The molecule has 0 saturated carbocycles. The molecular formula is C11H16N2O. The molecule has 3 N–H and O–H groups in total. The molecule has 0 fully saturated rings. The highest BCUT2D eigenvalue weighted by Crippen LogP contribution is 1.97. The van der Waals surface area contributed by atoms with Crippen LogP contribution in [0.25, 0.3) is 0 Å². The molecule has 3 heteroatoms. The highest BCUT2D eigenvalue weighted by molar-refractivity contribution is 5.94. The van der Waals surface area contributed by atoms with Gasteiger partial charge in [0, 0.05) is 12.1 Å². The van der Waals surface area contributed by atoms with Gasteiger partial charge in [0.2, 0.25) is 0 Å². The first-order chi connectivity index (χ1) is 6.84. The highest BCUT2D eigenvalue weighted by atomic mass is 16.1. The second-order valence-corrected chi connectivity index (χ2v) is 3.12. The first kappa shape index (κ1) is 10.7. The summed E-state index contributed by atoms with van der Waals surface area (Å²) >= 11 is 0. The van der Waals surface area contributed by atoms with E-state index in [0.717, 1.165) is 12.8 Å². The van der Waals surface area contributed by atoms with Crippen LogP contribution < -0.4 is 11.1 Å². The Morgan fingerprint density at radius 2 is 1.93 bits per heavy atom. The first-order valence-corrected chi connectivity index (χ1v) is 4.88. The Morgan fingerprint density at radius 3 is 2.57 bits per heavy atom. The van der Waals surface area contributed by atoms with E-state index in [-0.39, 0.29) is 5.91 Å². The van der Waals surface area contributed by atoms with Crippen molar-refractivity contribution in [2.45, 2.75) is 12.8 Å². The fourth-order valence-corrected chi connectivity index (χ4v) is 1.16. The molecule has 1 amide bonds. The van der Waals surface area contributed by atoms with Crippen LogP contribution in [0, 0.1) is 0 Å². The van der Waals surface area contributed by atoms with E-state index in [1.807, 2.05) is 18.2 Å². The third-order valence-corrected chi connectivity index (χ3v) is 1.95. The second-order valence-electron chi connectivity index (χ2n) is 3.12. The van der Waals surface area contributed by atoms with Crippen LogP contribution >= 0.6 is 0 Å². The summed E-state index contributed by atoms with van der Waals surface area (Å²) in [4.78, 5) is 11.5. The molecule has 0 aliphatic carbocycles. The molecular weight excluding hydrogens is 176 g/mol. The Kier molecular flexibility index (Phi) is 4.72. The molecule has 1 rings (SSSR count). The summed E-state index contributed by atoms with van der Waals surface area (Å²) in [6.07, 6.45) is 1.89. The van der Waals surface area contributed by atoms with Crippen molar-refractivity contribution in [1.29, 1.82) is 0 Å². The SMILES string of the molecule is NCCCCNC(=O)c1ccccc1. The van der Waals surface area contributed by atoms with Gasteiger partial charge in [-0.2, -0.15) is 0 Å². The lowest BCUT2D eigenvalue weighted by Crippen LogP contribution is -2.24. The largest absolute Gasteiger partial charge is 0.352 e. The lowest BCUT2D eigenvalue weighted by molar-refractivity contribution is 0.0953. The van der Waals surface area contributed by atoms with Crippen molar-refractivity contribution in [2.24, 2.45) is 5.73 Å². The second kappa shape index (κ2) is 6.16. The van der Waals surface area contributed by atoms with Crippen molar-refractivity contribution in [3.63, 3.8) is 0 Å². The number of unbranched alkanes of at least 4 members (excludes halogenated alkanes) is 1. The smallest absolute Gasteiger partial charge is 0.251 e. The van der Waals surface area contributed by atoms with Crippen molar-refractivity contribution < 1.29 is 4.79 Å². The number of benzene rings is 1. The maximum Gasteiger partial charge on any atom is 0.251 e. The van der Waals surface area contributed by atoms with Gasteiger partial charge < -0.3 is 11.1 Å². The van der Waals surface area contributed by atoms with Crippen LogP contribution in [0.1, 0.15) is 23.2 Å². The normalized spacial score (nSPS) is 9.79. The molecule has 1 aromatic carbocycles. The van der Waals surface area contributed by atoms with E-state index in [1.54, 1.807) is 12.1 Å². The molecule has 0 heterocycles. The number of rotatable bonds is 5. The maximum atomic E-state index is 11.5. The minimum Gasteiger partial charge on any atom is -0.352 e. The topological polar surface area (TPSA) is 55.1 Å². The van der Waals surface area contributed by atoms with E-state index >= 15 is 0 Å². The van der Waals surface area contributed by atoms with E-state index in [0.29, 0.717) is 18.7 Å². The fraction of sp³-hybridized carbons (Fsp3) is 0.364. The number of hydrogen-bond donors (Lipinski definition) is 2. The quantitative estimate of drug-likeness (QED) is 0.688. The van der Waals surface area contributed by atoms with Crippen molar-refractivity contribution in [3.8, 4) is 0 Å². The molecule has 0 aliphatic rings. The summed E-state index contributed by atoms with van der Waals surface area (Å²) < 4.78 is 0. The molecule has 0 aromatic heterocycles. The summed E-state index contributed by atoms with van der Waals surface area (Å²) in [5.41, 5.74) is 6.05. The molecule has 0 bridgehead atoms. The predicted molar refractivity (Wildman–Crippen MR) is 57.1 cm³/mol. The minimum atomic E-state index is -0.0115. The Morgan fingerprint density at radius 1 is 1.21 bits per heavy atom. The summed E-state index contributed by atoms with van der Waals surface area (Å²) in [6.45, 7) is 1.38. The van der Waals surface area contributed by atoms with Crippen molar-refractivity contribution >= 4 is 5.91 Å². The lowest BCUT2D eigenvalue weighted by Gasteiger charge is -2.03. The average molecular weight is 192 g/mol. The number of hydrogen-bond acceptors (Lipinski definition) is 2. The van der Waals surface area contributed by atoms with Crippen LogP contribution in [0.3, 0.4) is 0 Å². The van der Waals surface area contributed by atoms with E-state index in [1.165, 1.54) is 0 Å². The number of nitrogens with two attached hydrogens (primary N) is 1. The first-order valence-electron chi connectivity index (χ1n) is 4.88. The number of carbonyl (C=O) groups excluding carboxylic acids is 1. The van der Waals surface area contributed by atoms with Crippen LogP contribution in [0.5, 0.6) is 0 Å². The van der Waals surface area contributed by atoms with Gasteiger partial charge in [0.25, 0.3) is 5.91 Å². The molecule has 0 spiro atoms. The average Bonchev–Trinajstić information content (AvgIpc) is 2.25. The van der Waals surface area contributed by atoms with E-state index in [9.17, 15) is 4.79 Å².